The zero-order chi connectivity index (χ0) is 14.5. The molecule has 0 fully saturated rings. The molecule has 1 aromatic carbocycles. The van der Waals surface area contributed by atoms with E-state index in [2.05, 4.69) is 5.16 Å². The lowest BCUT2D eigenvalue weighted by molar-refractivity contribution is -0.0431. The molecule has 6 nitrogen and oxygen atoms in total. The monoisotopic (exact) mass is 295 g/mol. The third-order valence-electron chi connectivity index (χ3n) is 2.73. The quantitative estimate of drug-likeness (QED) is 0.916. The second kappa shape index (κ2) is 4.14. The summed E-state index contributed by atoms with van der Waals surface area (Å²) in [5.41, 5.74) is 0.951. The molecule has 0 aliphatic carbocycles. The molecule has 0 atom stereocenters. The summed E-state index contributed by atoms with van der Waals surface area (Å²) in [6.45, 7) is 3.53. The van der Waals surface area contributed by atoms with Crippen LogP contribution in [0.1, 0.15) is 24.4 Å². The van der Waals surface area contributed by atoms with E-state index in [-0.39, 0.29) is 5.76 Å². The molecule has 7 heteroatoms. The molecule has 0 radical (unpaired) electrons. The first-order valence-corrected chi connectivity index (χ1v) is 6.15. The second-order valence-electron chi connectivity index (χ2n) is 4.77. The van der Waals surface area contributed by atoms with E-state index in [1.54, 1.807) is 26.0 Å². The van der Waals surface area contributed by atoms with Crippen molar-refractivity contribution in [3.63, 3.8) is 0 Å². The molecule has 0 unspecified atom stereocenters. The lowest BCUT2D eigenvalue weighted by Crippen LogP contribution is -2.29. The molecule has 1 aliphatic rings. The Morgan fingerprint density at radius 1 is 1.30 bits per heavy atom. The Bertz CT molecular complexity index is 707. The van der Waals surface area contributed by atoms with Gasteiger partial charge in [-0.1, -0.05) is 16.8 Å². The van der Waals surface area contributed by atoms with Crippen LogP contribution in [0.3, 0.4) is 0 Å². The zero-order valence-corrected chi connectivity index (χ0v) is 11.4. The van der Waals surface area contributed by atoms with Crippen molar-refractivity contribution >= 4 is 17.6 Å². The predicted octanol–water partition coefficient (Wildman–Crippen LogP) is 3.20. The van der Waals surface area contributed by atoms with Crippen LogP contribution in [0.5, 0.6) is 11.5 Å². The number of benzene rings is 1. The van der Waals surface area contributed by atoms with Crippen LogP contribution in [-0.4, -0.2) is 22.0 Å². The third-order valence-corrected chi connectivity index (χ3v) is 3.01. The van der Waals surface area contributed by atoms with Crippen molar-refractivity contribution in [3.05, 3.63) is 29.0 Å². The molecule has 0 amide bonds. The Balaban J connectivity index is 2.04. The van der Waals surface area contributed by atoms with Crippen molar-refractivity contribution in [2.45, 2.75) is 19.6 Å². The minimum absolute atomic E-state index is 0.242. The number of carboxylic acid groups (broad SMARTS) is 1. The molecule has 1 aliphatic heterocycles. The number of hydrogen-bond acceptors (Lipinski definition) is 5. The number of aromatic carboxylic acids is 1. The van der Waals surface area contributed by atoms with Crippen LogP contribution in [0.2, 0.25) is 5.02 Å². The van der Waals surface area contributed by atoms with E-state index in [0.29, 0.717) is 27.8 Å². The van der Waals surface area contributed by atoms with Crippen LogP contribution in [0.25, 0.3) is 11.3 Å². The fraction of sp³-hybridized carbons (Fsp3) is 0.231. The van der Waals surface area contributed by atoms with Gasteiger partial charge in [-0.2, -0.15) is 0 Å². The summed E-state index contributed by atoms with van der Waals surface area (Å²) >= 11 is 6.14. The van der Waals surface area contributed by atoms with E-state index in [1.807, 2.05) is 0 Å². The average Bonchev–Trinajstić information content (AvgIpc) is 2.92. The Labute approximate surface area is 118 Å². The molecule has 0 saturated heterocycles. The SMILES string of the molecule is CC1(C)Oc2cc(-c3cc(C(=O)O)on3)cc(Cl)c2O1. The number of aromatic nitrogens is 1. The average molecular weight is 296 g/mol. The number of hydrogen-bond donors (Lipinski definition) is 1. The number of ether oxygens (including phenoxy) is 2. The van der Waals surface area contributed by atoms with Crippen molar-refractivity contribution in [1.82, 2.24) is 5.16 Å². The minimum Gasteiger partial charge on any atom is -0.475 e. The van der Waals surface area contributed by atoms with E-state index in [9.17, 15) is 4.79 Å². The van der Waals surface area contributed by atoms with Crippen LogP contribution in [0, 0.1) is 0 Å². The van der Waals surface area contributed by atoms with Gasteiger partial charge in [-0.3, -0.25) is 0 Å². The molecular formula is C13H10ClNO5. The summed E-state index contributed by atoms with van der Waals surface area (Å²) in [5.74, 6) is -1.27. The highest BCUT2D eigenvalue weighted by molar-refractivity contribution is 6.32. The third kappa shape index (κ3) is 2.08. The van der Waals surface area contributed by atoms with Crippen LogP contribution in [0.4, 0.5) is 0 Å². The van der Waals surface area contributed by atoms with Crippen LogP contribution in [-0.2, 0) is 0 Å². The fourth-order valence-corrected chi connectivity index (χ4v) is 2.18. The standard InChI is InChI=1S/C13H10ClNO5/c1-13(2)18-9-4-6(3-7(14)11(9)19-13)8-5-10(12(16)17)20-15-8/h3-5H,1-2H3,(H,16,17). The van der Waals surface area contributed by atoms with Gasteiger partial charge in [0.1, 0.15) is 5.69 Å². The first-order chi connectivity index (χ1) is 9.35. The number of rotatable bonds is 2. The second-order valence-corrected chi connectivity index (χ2v) is 5.18. The zero-order valence-electron chi connectivity index (χ0n) is 10.6. The van der Waals surface area contributed by atoms with Gasteiger partial charge in [-0.15, -0.1) is 0 Å². The highest BCUT2D eigenvalue weighted by Gasteiger charge is 2.34. The van der Waals surface area contributed by atoms with E-state index in [1.165, 1.54) is 6.07 Å². The van der Waals surface area contributed by atoms with Crippen LogP contribution in [0.15, 0.2) is 22.7 Å². The maximum Gasteiger partial charge on any atom is 0.374 e. The van der Waals surface area contributed by atoms with Crippen molar-refractivity contribution in [3.8, 4) is 22.8 Å². The first-order valence-electron chi connectivity index (χ1n) is 5.78. The molecule has 20 heavy (non-hydrogen) atoms. The molecule has 2 heterocycles. The molecule has 0 spiro atoms. The number of fused-ring (bicyclic) bond motifs is 1. The molecule has 0 saturated carbocycles. The van der Waals surface area contributed by atoms with Gasteiger partial charge in [0, 0.05) is 25.5 Å². The smallest absolute Gasteiger partial charge is 0.374 e. The fourth-order valence-electron chi connectivity index (χ4n) is 1.93. The Morgan fingerprint density at radius 2 is 2.05 bits per heavy atom. The molecular weight excluding hydrogens is 286 g/mol. The van der Waals surface area contributed by atoms with E-state index < -0.39 is 11.8 Å². The first kappa shape index (κ1) is 12.8. The van der Waals surface area contributed by atoms with Crippen molar-refractivity contribution < 1.29 is 23.9 Å². The highest BCUT2D eigenvalue weighted by atomic mass is 35.5. The number of carboxylic acids is 1. The predicted molar refractivity (Wildman–Crippen MR) is 69.2 cm³/mol. The largest absolute Gasteiger partial charge is 0.475 e. The van der Waals surface area contributed by atoms with E-state index in [0.717, 1.165) is 0 Å². The summed E-state index contributed by atoms with van der Waals surface area (Å²) in [6, 6.07) is 4.62. The molecule has 1 N–H and O–H groups in total. The minimum atomic E-state index is -1.18. The molecule has 3 rings (SSSR count). The van der Waals surface area contributed by atoms with Gasteiger partial charge in [-0.25, -0.2) is 4.79 Å². The number of halogens is 1. The Hall–Kier alpha value is -2.21. The van der Waals surface area contributed by atoms with Crippen molar-refractivity contribution in [2.75, 3.05) is 0 Å². The van der Waals surface area contributed by atoms with Gasteiger partial charge in [-0.05, 0) is 12.1 Å². The van der Waals surface area contributed by atoms with E-state index in [4.69, 9.17) is 30.7 Å². The maximum atomic E-state index is 10.8. The van der Waals surface area contributed by atoms with E-state index >= 15 is 0 Å². The summed E-state index contributed by atoms with van der Waals surface area (Å²) < 4.78 is 15.9. The highest BCUT2D eigenvalue weighted by Crippen LogP contribution is 2.46. The lowest BCUT2D eigenvalue weighted by atomic mass is 10.1. The Kier molecular flexibility index (Phi) is 2.65. The molecule has 2 aromatic rings. The van der Waals surface area contributed by atoms with Gasteiger partial charge in [0.2, 0.25) is 11.5 Å². The normalized spacial score (nSPS) is 15.3. The topological polar surface area (TPSA) is 81.8 Å². The van der Waals surface area contributed by atoms with Crippen LogP contribution >= 0.6 is 11.6 Å². The van der Waals surface area contributed by atoms with Crippen LogP contribution < -0.4 is 9.47 Å². The molecule has 104 valence electrons. The van der Waals surface area contributed by atoms with Gasteiger partial charge in [0.05, 0.1) is 5.02 Å². The lowest BCUT2D eigenvalue weighted by Gasteiger charge is -2.16. The number of nitrogens with zero attached hydrogens (tertiary/aromatic N) is 1. The summed E-state index contributed by atoms with van der Waals surface area (Å²) in [4.78, 5) is 10.8. The Morgan fingerprint density at radius 3 is 2.70 bits per heavy atom. The van der Waals surface area contributed by atoms with Gasteiger partial charge in [0.25, 0.3) is 0 Å². The van der Waals surface area contributed by atoms with Gasteiger partial charge in [0.15, 0.2) is 11.5 Å². The van der Waals surface area contributed by atoms with Gasteiger partial charge < -0.3 is 19.1 Å². The summed E-state index contributed by atoms with van der Waals surface area (Å²) in [7, 11) is 0. The summed E-state index contributed by atoms with van der Waals surface area (Å²) in [6.07, 6.45) is 0. The van der Waals surface area contributed by atoms with Gasteiger partial charge >= 0.3 is 5.97 Å². The van der Waals surface area contributed by atoms with Crippen molar-refractivity contribution in [1.29, 1.82) is 0 Å². The van der Waals surface area contributed by atoms with Crippen molar-refractivity contribution in [2.24, 2.45) is 0 Å². The maximum absolute atomic E-state index is 10.8. The molecule has 0 bridgehead atoms. The number of carbonyl (C=O) groups is 1. The molecule has 1 aromatic heterocycles. The summed E-state index contributed by atoms with van der Waals surface area (Å²) in [5, 5.41) is 12.9.